The highest BCUT2D eigenvalue weighted by atomic mass is 16.5. The molecule has 0 saturated carbocycles. The molecule has 0 fully saturated rings. The van der Waals surface area contributed by atoms with E-state index in [9.17, 15) is 0 Å². The molecule has 0 aliphatic carbocycles. The molecule has 0 heterocycles. The highest BCUT2D eigenvalue weighted by Crippen LogP contribution is 2.45. The molecular formula is C23H24O4. The zero-order valence-electron chi connectivity index (χ0n) is 15.9. The summed E-state index contributed by atoms with van der Waals surface area (Å²) in [5.74, 6) is 1.75. The van der Waals surface area contributed by atoms with Crippen LogP contribution < -0.4 is 14.2 Å². The smallest absolute Gasteiger partial charge is 0.203 e. The first-order valence-corrected chi connectivity index (χ1v) is 8.74. The molecule has 1 unspecified atom stereocenters. The minimum Gasteiger partial charge on any atom is -0.493 e. The molecule has 1 atom stereocenters. The summed E-state index contributed by atoms with van der Waals surface area (Å²) in [5, 5.41) is 2.28. The normalized spacial score (nSPS) is 11.8. The molecule has 3 aromatic carbocycles. The van der Waals surface area contributed by atoms with Gasteiger partial charge in [0.15, 0.2) is 11.5 Å². The van der Waals surface area contributed by atoms with Crippen molar-refractivity contribution >= 4 is 10.8 Å². The Balaban J connectivity index is 2.23. The van der Waals surface area contributed by atoms with E-state index in [1.165, 1.54) is 0 Å². The average molecular weight is 364 g/mol. The summed E-state index contributed by atoms with van der Waals surface area (Å²) in [7, 11) is 4.82. The quantitative estimate of drug-likeness (QED) is 0.518. The van der Waals surface area contributed by atoms with E-state index in [4.69, 9.17) is 18.9 Å². The van der Waals surface area contributed by atoms with Crippen molar-refractivity contribution in [1.82, 2.24) is 0 Å². The highest BCUT2D eigenvalue weighted by Gasteiger charge is 2.25. The first-order chi connectivity index (χ1) is 13.2. The van der Waals surface area contributed by atoms with Crippen LogP contribution in [0, 0.1) is 0 Å². The molecular weight excluding hydrogens is 340 g/mol. The lowest BCUT2D eigenvalue weighted by Gasteiger charge is -2.24. The van der Waals surface area contributed by atoms with E-state index < -0.39 is 0 Å². The van der Waals surface area contributed by atoms with Crippen molar-refractivity contribution in [2.45, 2.75) is 6.10 Å². The SMILES string of the molecule is C=CCOC(c1ccc(OC)c(OC)c1OC)c1cccc2ccccc12. The van der Waals surface area contributed by atoms with Gasteiger partial charge in [0.25, 0.3) is 0 Å². The van der Waals surface area contributed by atoms with Crippen LogP contribution in [0.2, 0.25) is 0 Å². The van der Waals surface area contributed by atoms with Crippen LogP contribution in [0.3, 0.4) is 0 Å². The molecule has 3 rings (SSSR count). The van der Waals surface area contributed by atoms with E-state index >= 15 is 0 Å². The molecule has 0 aliphatic rings. The van der Waals surface area contributed by atoms with Gasteiger partial charge in [-0.05, 0) is 28.5 Å². The summed E-state index contributed by atoms with van der Waals surface area (Å²) in [4.78, 5) is 0. The Morgan fingerprint density at radius 3 is 2.26 bits per heavy atom. The zero-order valence-corrected chi connectivity index (χ0v) is 15.9. The van der Waals surface area contributed by atoms with Crippen molar-refractivity contribution in [2.24, 2.45) is 0 Å². The van der Waals surface area contributed by atoms with Gasteiger partial charge in [0, 0.05) is 5.56 Å². The highest BCUT2D eigenvalue weighted by molar-refractivity contribution is 5.86. The van der Waals surface area contributed by atoms with Gasteiger partial charge < -0.3 is 18.9 Å². The van der Waals surface area contributed by atoms with Gasteiger partial charge in [-0.3, -0.25) is 0 Å². The van der Waals surface area contributed by atoms with E-state index in [0.29, 0.717) is 23.9 Å². The lowest BCUT2D eigenvalue weighted by Crippen LogP contribution is -2.10. The van der Waals surface area contributed by atoms with E-state index in [-0.39, 0.29) is 6.10 Å². The third kappa shape index (κ3) is 3.62. The molecule has 0 amide bonds. The molecule has 0 radical (unpaired) electrons. The molecule has 0 aliphatic heterocycles. The molecule has 140 valence electrons. The number of fused-ring (bicyclic) bond motifs is 1. The fourth-order valence-corrected chi connectivity index (χ4v) is 3.32. The predicted octanol–water partition coefficient (Wildman–Crippen LogP) is 5.16. The van der Waals surface area contributed by atoms with E-state index in [2.05, 4.69) is 30.8 Å². The van der Waals surface area contributed by atoms with Gasteiger partial charge in [-0.1, -0.05) is 48.5 Å². The van der Waals surface area contributed by atoms with E-state index in [1.54, 1.807) is 27.4 Å². The van der Waals surface area contributed by atoms with Gasteiger partial charge in [0.2, 0.25) is 5.75 Å². The van der Waals surface area contributed by atoms with Crippen molar-refractivity contribution in [1.29, 1.82) is 0 Å². The zero-order chi connectivity index (χ0) is 19.2. The Kier molecular flexibility index (Phi) is 5.99. The fraction of sp³-hybridized carbons (Fsp3) is 0.217. The second-order valence-corrected chi connectivity index (χ2v) is 5.99. The molecule has 0 spiro atoms. The van der Waals surface area contributed by atoms with Crippen LogP contribution in [0.1, 0.15) is 17.2 Å². The van der Waals surface area contributed by atoms with Crippen molar-refractivity contribution in [2.75, 3.05) is 27.9 Å². The number of hydrogen-bond acceptors (Lipinski definition) is 4. The van der Waals surface area contributed by atoms with E-state index in [0.717, 1.165) is 21.9 Å². The van der Waals surface area contributed by atoms with Gasteiger partial charge in [-0.2, -0.15) is 0 Å². The summed E-state index contributed by atoms with van der Waals surface area (Å²) in [6, 6.07) is 18.3. The minimum absolute atomic E-state index is 0.344. The summed E-state index contributed by atoms with van der Waals surface area (Å²) >= 11 is 0. The number of ether oxygens (including phenoxy) is 4. The molecule has 27 heavy (non-hydrogen) atoms. The summed E-state index contributed by atoms with van der Waals surface area (Å²) in [6.07, 6.45) is 1.40. The van der Waals surface area contributed by atoms with E-state index in [1.807, 2.05) is 30.3 Å². The largest absolute Gasteiger partial charge is 0.493 e. The van der Waals surface area contributed by atoms with Crippen LogP contribution in [-0.2, 0) is 4.74 Å². The topological polar surface area (TPSA) is 36.9 Å². The van der Waals surface area contributed by atoms with Gasteiger partial charge in [-0.15, -0.1) is 6.58 Å². The number of rotatable bonds is 8. The van der Waals surface area contributed by atoms with Crippen molar-refractivity contribution in [3.05, 3.63) is 78.4 Å². The first-order valence-electron chi connectivity index (χ1n) is 8.74. The number of benzene rings is 3. The molecule has 4 nitrogen and oxygen atoms in total. The summed E-state index contributed by atoms with van der Waals surface area (Å²) in [5.41, 5.74) is 1.92. The van der Waals surface area contributed by atoms with Crippen LogP contribution in [0.25, 0.3) is 10.8 Å². The Bertz CT molecular complexity index is 928. The van der Waals surface area contributed by atoms with Crippen molar-refractivity contribution < 1.29 is 18.9 Å². The molecule has 0 saturated heterocycles. The predicted molar refractivity (Wildman–Crippen MR) is 108 cm³/mol. The minimum atomic E-state index is -0.344. The Morgan fingerprint density at radius 1 is 0.815 bits per heavy atom. The maximum absolute atomic E-state index is 6.19. The monoisotopic (exact) mass is 364 g/mol. The summed E-state index contributed by atoms with van der Waals surface area (Å²) < 4.78 is 22.8. The van der Waals surface area contributed by atoms with Gasteiger partial charge in [0.1, 0.15) is 6.10 Å². The van der Waals surface area contributed by atoms with Crippen LogP contribution >= 0.6 is 0 Å². The second kappa shape index (κ2) is 8.60. The molecule has 4 heteroatoms. The molecule has 0 bridgehead atoms. The first kappa shape index (κ1) is 18.8. The maximum atomic E-state index is 6.19. The summed E-state index contributed by atoms with van der Waals surface area (Å²) in [6.45, 7) is 4.19. The van der Waals surface area contributed by atoms with Crippen LogP contribution in [0.5, 0.6) is 17.2 Å². The number of methoxy groups -OCH3 is 3. The van der Waals surface area contributed by atoms with Crippen LogP contribution in [0.15, 0.2) is 67.3 Å². The van der Waals surface area contributed by atoms with Crippen LogP contribution in [0.4, 0.5) is 0 Å². The standard InChI is InChI=1S/C23H24O4/c1-5-15-27-21(18-12-8-10-16-9-6-7-11-17(16)18)19-13-14-20(24-2)23(26-4)22(19)25-3/h5-14,21H,1,15H2,2-4H3. The lowest BCUT2D eigenvalue weighted by atomic mass is 9.94. The maximum Gasteiger partial charge on any atom is 0.203 e. The molecule has 3 aromatic rings. The van der Waals surface area contributed by atoms with Crippen LogP contribution in [-0.4, -0.2) is 27.9 Å². The average Bonchev–Trinajstić information content (AvgIpc) is 2.73. The Morgan fingerprint density at radius 2 is 1.56 bits per heavy atom. The molecule has 0 aromatic heterocycles. The fourth-order valence-electron chi connectivity index (χ4n) is 3.32. The van der Waals surface area contributed by atoms with Gasteiger partial charge in [0.05, 0.1) is 27.9 Å². The lowest BCUT2D eigenvalue weighted by molar-refractivity contribution is 0.103. The molecule has 0 N–H and O–H groups in total. The van der Waals surface area contributed by atoms with Gasteiger partial charge >= 0.3 is 0 Å². The third-order valence-corrected chi connectivity index (χ3v) is 4.50. The number of hydrogen-bond donors (Lipinski definition) is 0. The third-order valence-electron chi connectivity index (χ3n) is 4.50. The van der Waals surface area contributed by atoms with Crippen molar-refractivity contribution in [3.8, 4) is 17.2 Å². The van der Waals surface area contributed by atoms with Gasteiger partial charge in [-0.25, -0.2) is 0 Å². The van der Waals surface area contributed by atoms with Crippen molar-refractivity contribution in [3.63, 3.8) is 0 Å². The Labute approximate surface area is 159 Å². The Hall–Kier alpha value is -2.98. The second-order valence-electron chi connectivity index (χ2n) is 5.99.